The second-order valence-electron chi connectivity index (χ2n) is 10.1. The summed E-state index contributed by atoms with van der Waals surface area (Å²) < 4.78 is 6.32. The number of hydrogen-bond donors (Lipinski definition) is 2. The van der Waals surface area contributed by atoms with Crippen LogP contribution < -0.4 is 5.32 Å². The van der Waals surface area contributed by atoms with Crippen molar-refractivity contribution in [2.75, 3.05) is 19.8 Å². The third kappa shape index (κ3) is 6.81. The summed E-state index contributed by atoms with van der Waals surface area (Å²) in [6.07, 6.45) is 0.724. The van der Waals surface area contributed by atoms with Gasteiger partial charge in [0.25, 0.3) is 0 Å². The van der Waals surface area contributed by atoms with Gasteiger partial charge in [0.15, 0.2) is 0 Å². The minimum absolute atomic E-state index is 0.285. The van der Waals surface area contributed by atoms with Crippen molar-refractivity contribution < 1.29 is 19.1 Å². The molecule has 0 aliphatic rings. The highest BCUT2D eigenvalue weighted by Crippen LogP contribution is 2.37. The fourth-order valence-electron chi connectivity index (χ4n) is 4.69. The zero-order valence-corrected chi connectivity index (χ0v) is 23.9. The first-order valence-corrected chi connectivity index (χ1v) is 14.6. The Balaban J connectivity index is 1.28. The lowest BCUT2D eigenvalue weighted by Gasteiger charge is -2.17. The molecule has 1 heterocycles. The number of carbonyl (C=O) groups is 2. The molecule has 1 atom stereocenters. The Kier molecular flexibility index (Phi) is 8.75. The van der Waals surface area contributed by atoms with E-state index in [1.165, 1.54) is 22.2 Å². The van der Waals surface area contributed by atoms with Crippen LogP contribution in [0.5, 0.6) is 0 Å². The molecule has 0 aliphatic carbocycles. The molecule has 5 aromatic rings. The fourth-order valence-corrected chi connectivity index (χ4v) is 5.70. The average molecular weight is 565 g/mol. The summed E-state index contributed by atoms with van der Waals surface area (Å²) >= 11 is 1.48. The van der Waals surface area contributed by atoms with E-state index < -0.39 is 18.0 Å². The Hall–Kier alpha value is -4.49. The SMILES string of the molecule is CN(C)C(=O)N[C@@H](CSCc1ccc(-c2ccc(-c3c(Cc4ccccc4)oc4ccccc34)cc2)cc1)C(=O)O. The van der Waals surface area contributed by atoms with Crippen LogP contribution in [0.3, 0.4) is 0 Å². The Labute approximate surface area is 244 Å². The molecule has 5 rings (SSSR count). The third-order valence-corrected chi connectivity index (χ3v) is 8.00. The van der Waals surface area contributed by atoms with Crippen molar-refractivity contribution in [2.24, 2.45) is 0 Å². The van der Waals surface area contributed by atoms with Gasteiger partial charge in [0.2, 0.25) is 0 Å². The van der Waals surface area contributed by atoms with Gasteiger partial charge in [-0.3, -0.25) is 0 Å². The number of urea groups is 1. The molecule has 7 heteroatoms. The maximum Gasteiger partial charge on any atom is 0.327 e. The van der Waals surface area contributed by atoms with E-state index in [1.54, 1.807) is 14.1 Å². The summed E-state index contributed by atoms with van der Waals surface area (Å²) in [7, 11) is 3.17. The lowest BCUT2D eigenvalue weighted by molar-refractivity contribution is -0.138. The van der Waals surface area contributed by atoms with Crippen molar-refractivity contribution in [1.29, 1.82) is 0 Å². The van der Waals surface area contributed by atoms with Crippen molar-refractivity contribution in [2.45, 2.75) is 18.2 Å². The van der Waals surface area contributed by atoms with E-state index in [9.17, 15) is 14.7 Å². The summed E-state index contributed by atoms with van der Waals surface area (Å²) in [5, 5.41) is 13.1. The molecule has 0 saturated heterocycles. The van der Waals surface area contributed by atoms with Gasteiger partial charge in [-0.25, -0.2) is 9.59 Å². The number of carboxylic acid groups (broad SMARTS) is 1. The molecule has 4 aromatic carbocycles. The highest BCUT2D eigenvalue weighted by Gasteiger charge is 2.21. The minimum atomic E-state index is -1.04. The van der Waals surface area contributed by atoms with Crippen LogP contribution in [0.4, 0.5) is 4.79 Å². The zero-order chi connectivity index (χ0) is 28.8. The van der Waals surface area contributed by atoms with Crippen LogP contribution in [0.15, 0.2) is 108 Å². The molecule has 208 valence electrons. The highest BCUT2D eigenvalue weighted by molar-refractivity contribution is 7.98. The molecule has 0 aliphatic heterocycles. The molecular formula is C34H32N2O4S. The van der Waals surface area contributed by atoms with Gasteiger partial charge in [-0.2, -0.15) is 11.8 Å². The van der Waals surface area contributed by atoms with Crippen LogP contribution in [0, 0.1) is 0 Å². The zero-order valence-electron chi connectivity index (χ0n) is 23.0. The Bertz CT molecular complexity index is 1630. The molecule has 41 heavy (non-hydrogen) atoms. The summed E-state index contributed by atoms with van der Waals surface area (Å²) in [6, 6.07) is 34.1. The second-order valence-corrected chi connectivity index (χ2v) is 11.1. The monoisotopic (exact) mass is 564 g/mol. The number of nitrogens with zero attached hydrogens (tertiary/aromatic N) is 1. The number of rotatable bonds is 10. The Morgan fingerprint density at radius 1 is 0.805 bits per heavy atom. The Morgan fingerprint density at radius 3 is 2.07 bits per heavy atom. The van der Waals surface area contributed by atoms with Gasteiger partial charge < -0.3 is 19.7 Å². The maximum absolute atomic E-state index is 11.8. The number of carbonyl (C=O) groups excluding carboxylic acids is 1. The number of hydrogen-bond acceptors (Lipinski definition) is 4. The molecule has 0 fully saturated rings. The number of benzene rings is 4. The largest absolute Gasteiger partial charge is 0.480 e. The van der Waals surface area contributed by atoms with Crippen LogP contribution in [0.25, 0.3) is 33.2 Å². The van der Waals surface area contributed by atoms with Crippen molar-refractivity contribution in [1.82, 2.24) is 10.2 Å². The highest BCUT2D eigenvalue weighted by atomic mass is 32.2. The first kappa shape index (κ1) is 28.1. The number of nitrogens with one attached hydrogen (secondary N) is 1. The molecular weight excluding hydrogens is 532 g/mol. The van der Waals surface area contributed by atoms with E-state index in [0.29, 0.717) is 5.75 Å². The summed E-state index contributed by atoms with van der Waals surface area (Å²) in [6.45, 7) is 0. The number of carboxylic acids is 1. The van der Waals surface area contributed by atoms with E-state index in [2.05, 4.69) is 84.2 Å². The fraction of sp³-hybridized carbons (Fsp3) is 0.176. The normalized spacial score (nSPS) is 11.8. The van der Waals surface area contributed by atoms with Gasteiger partial charge >= 0.3 is 12.0 Å². The van der Waals surface area contributed by atoms with Crippen molar-refractivity contribution in [3.8, 4) is 22.3 Å². The molecule has 1 aromatic heterocycles. The number of aliphatic carboxylic acids is 1. The molecule has 0 unspecified atom stereocenters. The number of amides is 2. The molecule has 0 saturated carbocycles. The maximum atomic E-state index is 11.8. The first-order chi connectivity index (χ1) is 19.9. The predicted octanol–water partition coefficient (Wildman–Crippen LogP) is 7.32. The number of para-hydroxylation sites is 1. The van der Waals surface area contributed by atoms with E-state index in [0.717, 1.165) is 51.0 Å². The van der Waals surface area contributed by atoms with E-state index in [4.69, 9.17) is 4.42 Å². The van der Waals surface area contributed by atoms with Crippen LogP contribution in [-0.4, -0.2) is 47.9 Å². The number of furan rings is 1. The van der Waals surface area contributed by atoms with Crippen LogP contribution in [0.2, 0.25) is 0 Å². The molecule has 2 amide bonds. The minimum Gasteiger partial charge on any atom is -0.480 e. The lowest BCUT2D eigenvalue weighted by atomic mass is 9.96. The van der Waals surface area contributed by atoms with Gasteiger partial charge in [0, 0.05) is 43.0 Å². The van der Waals surface area contributed by atoms with Crippen molar-refractivity contribution >= 4 is 34.7 Å². The van der Waals surface area contributed by atoms with E-state index in [-0.39, 0.29) is 5.75 Å². The quantitative estimate of drug-likeness (QED) is 0.186. The Morgan fingerprint density at radius 2 is 1.41 bits per heavy atom. The van der Waals surface area contributed by atoms with E-state index >= 15 is 0 Å². The molecule has 0 bridgehead atoms. The summed E-state index contributed by atoms with van der Waals surface area (Å²) in [4.78, 5) is 24.7. The topological polar surface area (TPSA) is 82.8 Å². The summed E-state index contributed by atoms with van der Waals surface area (Å²) in [5.74, 6) is 0.853. The van der Waals surface area contributed by atoms with Crippen LogP contribution in [-0.2, 0) is 17.0 Å². The second kappa shape index (κ2) is 12.8. The van der Waals surface area contributed by atoms with Crippen molar-refractivity contribution in [3.63, 3.8) is 0 Å². The van der Waals surface area contributed by atoms with E-state index in [1.807, 2.05) is 24.3 Å². The summed E-state index contributed by atoms with van der Waals surface area (Å²) in [5.41, 5.74) is 7.65. The average Bonchev–Trinajstić information content (AvgIpc) is 3.35. The smallest absolute Gasteiger partial charge is 0.327 e. The lowest BCUT2D eigenvalue weighted by Crippen LogP contribution is -2.46. The van der Waals surface area contributed by atoms with Gasteiger partial charge in [-0.15, -0.1) is 0 Å². The van der Waals surface area contributed by atoms with Gasteiger partial charge in [-0.1, -0.05) is 97.1 Å². The van der Waals surface area contributed by atoms with Gasteiger partial charge in [0.05, 0.1) is 0 Å². The molecule has 0 spiro atoms. The van der Waals surface area contributed by atoms with Gasteiger partial charge in [0.1, 0.15) is 17.4 Å². The molecule has 2 N–H and O–H groups in total. The number of fused-ring (bicyclic) bond motifs is 1. The third-order valence-electron chi connectivity index (χ3n) is 6.89. The van der Waals surface area contributed by atoms with Crippen molar-refractivity contribution in [3.05, 3.63) is 120 Å². The standard InChI is InChI=1S/C34H32N2O4S/c1-36(2)34(39)35-29(33(37)38)22-41-21-24-12-14-25(15-13-24)26-16-18-27(19-17-26)32-28-10-6-7-11-30(28)40-31(32)20-23-8-4-3-5-9-23/h3-19,29H,20-22H2,1-2H3,(H,35,39)(H,37,38)/t29-/m0/s1. The number of thioether (sulfide) groups is 1. The molecule has 0 radical (unpaired) electrons. The van der Waals surface area contributed by atoms with Gasteiger partial charge in [-0.05, 0) is 33.9 Å². The molecule has 6 nitrogen and oxygen atoms in total. The predicted molar refractivity (Wildman–Crippen MR) is 166 cm³/mol. The van der Waals surface area contributed by atoms with Crippen LogP contribution >= 0.6 is 11.8 Å². The van der Waals surface area contributed by atoms with Crippen LogP contribution in [0.1, 0.15) is 16.9 Å². The first-order valence-electron chi connectivity index (χ1n) is 13.4.